The Kier molecular flexibility index (Phi) is 14.0. The molecule has 3 aromatic carbocycles. The second-order valence-electron chi connectivity index (χ2n) is 13.9. The van der Waals surface area contributed by atoms with Crippen molar-refractivity contribution in [2.75, 3.05) is 43.1 Å². The average molecular weight is 742 g/mol. The highest BCUT2D eigenvalue weighted by Crippen LogP contribution is 2.34. The van der Waals surface area contributed by atoms with E-state index < -0.39 is 22.2 Å². The number of carbonyl (C=O) groups excluding carboxylic acids is 1. The minimum atomic E-state index is -1.32. The summed E-state index contributed by atoms with van der Waals surface area (Å²) in [4.78, 5) is 28.6. The topological polar surface area (TPSA) is 136 Å². The molecule has 1 aliphatic heterocycles. The molecule has 53 heavy (non-hydrogen) atoms. The summed E-state index contributed by atoms with van der Waals surface area (Å²) in [5.74, 6) is 0.612. The van der Waals surface area contributed by atoms with Crippen LogP contribution in [-0.4, -0.2) is 68.9 Å². The van der Waals surface area contributed by atoms with Gasteiger partial charge in [0.15, 0.2) is 0 Å². The number of carboxylic acid groups (broad SMARTS) is 1. The maximum Gasteiger partial charge on any atom is 0.310 e. The molecule has 0 saturated carbocycles. The number of ether oxygens (including phenoxy) is 2. The van der Waals surface area contributed by atoms with Crippen molar-refractivity contribution in [1.29, 1.82) is 0 Å². The highest BCUT2D eigenvalue weighted by molar-refractivity contribution is 7.84. The lowest BCUT2D eigenvalue weighted by Crippen LogP contribution is -2.40. The zero-order valence-corrected chi connectivity index (χ0v) is 32.0. The molecule has 1 aliphatic rings. The molecule has 0 fully saturated rings. The van der Waals surface area contributed by atoms with Gasteiger partial charge in [0.1, 0.15) is 24.5 Å². The maximum atomic E-state index is 13.8. The van der Waals surface area contributed by atoms with Crippen molar-refractivity contribution in [2.24, 2.45) is 5.41 Å². The molecule has 2 heterocycles. The summed E-state index contributed by atoms with van der Waals surface area (Å²) >= 11 is 0. The molecule has 1 aromatic heterocycles. The van der Waals surface area contributed by atoms with Crippen molar-refractivity contribution in [1.82, 2.24) is 14.8 Å². The van der Waals surface area contributed by atoms with Gasteiger partial charge < -0.3 is 29.4 Å². The number of aryl methyl sites for hydroxylation is 1. The Morgan fingerprint density at radius 3 is 2.43 bits per heavy atom. The molecule has 1 atom stereocenters. The summed E-state index contributed by atoms with van der Waals surface area (Å²) in [6.45, 7) is 11.1. The normalized spacial score (nSPS) is 14.7. The number of hydrogen-bond donors (Lipinski definition) is 2. The minimum absolute atomic E-state index is 0.220. The van der Waals surface area contributed by atoms with Crippen molar-refractivity contribution in [3.63, 3.8) is 0 Å². The molecule has 4 aromatic rings. The molecule has 12 heteroatoms. The first kappa shape index (κ1) is 39.4. The first-order valence-electron chi connectivity index (χ1n) is 18.4. The molecule has 282 valence electrons. The second kappa shape index (κ2) is 18.8. The van der Waals surface area contributed by atoms with Crippen LogP contribution < -0.4 is 15.0 Å². The van der Waals surface area contributed by atoms with E-state index in [1.807, 2.05) is 47.0 Å². The van der Waals surface area contributed by atoms with E-state index in [0.717, 1.165) is 60.5 Å². The van der Waals surface area contributed by atoms with Crippen LogP contribution in [0.2, 0.25) is 0 Å². The number of nitrogens with one attached hydrogen (secondary N) is 1. The summed E-state index contributed by atoms with van der Waals surface area (Å²) in [5, 5.41) is 21.0. The van der Waals surface area contributed by atoms with Crippen LogP contribution in [0.25, 0.3) is 17.2 Å². The van der Waals surface area contributed by atoms with Crippen LogP contribution in [0.5, 0.6) is 5.75 Å². The van der Waals surface area contributed by atoms with Crippen molar-refractivity contribution >= 4 is 40.1 Å². The molecular formula is C41H51N5O6S. The molecule has 1 amide bonds. The highest BCUT2D eigenvalue weighted by Gasteiger charge is 2.31. The number of amides is 1. The molecule has 0 saturated heterocycles. The van der Waals surface area contributed by atoms with Crippen molar-refractivity contribution in [3.05, 3.63) is 90.0 Å². The van der Waals surface area contributed by atoms with Gasteiger partial charge in [-0.25, -0.2) is 0 Å². The van der Waals surface area contributed by atoms with E-state index in [9.17, 15) is 18.9 Å². The van der Waals surface area contributed by atoms with Gasteiger partial charge in [-0.2, -0.15) is 0 Å². The molecular weight excluding hydrogens is 691 g/mol. The fourth-order valence-corrected chi connectivity index (χ4v) is 7.16. The number of rotatable bonds is 18. The molecule has 0 aliphatic carbocycles. The van der Waals surface area contributed by atoms with Gasteiger partial charge in [-0.05, 0) is 111 Å². The Balaban J connectivity index is 1.34. The number of carbonyl (C=O) groups is 2. The summed E-state index contributed by atoms with van der Waals surface area (Å²) in [6, 6.07) is 21.0. The molecule has 1 unspecified atom stereocenters. The van der Waals surface area contributed by atoms with Crippen molar-refractivity contribution < 1.29 is 28.4 Å². The van der Waals surface area contributed by atoms with Gasteiger partial charge in [0, 0.05) is 48.1 Å². The molecule has 0 spiro atoms. The zero-order chi connectivity index (χ0) is 37.8. The number of benzene rings is 3. The van der Waals surface area contributed by atoms with Gasteiger partial charge in [-0.3, -0.25) is 13.8 Å². The molecule has 0 bridgehead atoms. The van der Waals surface area contributed by atoms with Crippen LogP contribution in [0.15, 0.2) is 83.5 Å². The lowest BCUT2D eigenvalue weighted by atomic mass is 9.91. The average Bonchev–Trinajstić information content (AvgIpc) is 3.57. The Labute approximate surface area is 314 Å². The third-order valence-corrected chi connectivity index (χ3v) is 10.5. The third kappa shape index (κ3) is 10.9. The summed E-state index contributed by atoms with van der Waals surface area (Å²) < 4.78 is 26.5. The SMILES string of the molecule is CCCCOCCOc1ccc(-c2ccc3c(c2)/C=C(/C(=O)Nc2ccc(S(=O)Cc4nncn4CCC)cc2)CCCN3CC(C)(C)C(=O)O)cc1. The van der Waals surface area contributed by atoms with E-state index >= 15 is 0 Å². The monoisotopic (exact) mass is 741 g/mol. The van der Waals surface area contributed by atoms with E-state index in [4.69, 9.17) is 9.47 Å². The van der Waals surface area contributed by atoms with Crippen LogP contribution in [0.3, 0.4) is 0 Å². The molecule has 11 nitrogen and oxygen atoms in total. The van der Waals surface area contributed by atoms with Gasteiger partial charge in [0.05, 0.1) is 28.6 Å². The number of anilines is 2. The van der Waals surface area contributed by atoms with Crippen LogP contribution >= 0.6 is 0 Å². The van der Waals surface area contributed by atoms with Gasteiger partial charge >= 0.3 is 5.97 Å². The van der Waals surface area contributed by atoms with E-state index in [1.54, 1.807) is 44.4 Å². The van der Waals surface area contributed by atoms with Gasteiger partial charge in [-0.15, -0.1) is 10.2 Å². The second-order valence-corrected chi connectivity index (χ2v) is 15.4. The predicted octanol–water partition coefficient (Wildman–Crippen LogP) is 7.59. The summed E-state index contributed by atoms with van der Waals surface area (Å²) in [7, 11) is -1.32. The Morgan fingerprint density at radius 2 is 1.72 bits per heavy atom. The lowest BCUT2D eigenvalue weighted by Gasteiger charge is -2.34. The fourth-order valence-electron chi connectivity index (χ4n) is 6.10. The summed E-state index contributed by atoms with van der Waals surface area (Å²) in [6.07, 6.45) is 7.82. The Hall–Kier alpha value is -4.81. The first-order chi connectivity index (χ1) is 25.6. The first-order valence-corrected chi connectivity index (χ1v) is 19.7. The molecule has 0 radical (unpaired) electrons. The van der Waals surface area contributed by atoms with Gasteiger partial charge in [0.2, 0.25) is 0 Å². The van der Waals surface area contributed by atoms with Crippen LogP contribution in [0, 0.1) is 5.41 Å². The van der Waals surface area contributed by atoms with Crippen LogP contribution in [0.4, 0.5) is 11.4 Å². The predicted molar refractivity (Wildman–Crippen MR) is 209 cm³/mol. The minimum Gasteiger partial charge on any atom is -0.491 e. The maximum absolute atomic E-state index is 13.8. The standard InChI is InChI=1S/C41H51N5O6S/c1-5-7-22-51-23-24-52-35-15-10-30(11-16-35)31-12-19-37-33(25-31)26-32(9-8-21-45(37)28-41(3,4)40(48)49)39(47)43-34-13-17-36(18-14-34)53(50)27-38-44-42-29-46(38)20-6-2/h10-19,25-26,29H,5-9,20-24,27-28H2,1-4H3,(H,43,47)(H,48,49)/b32-26+. The lowest BCUT2D eigenvalue weighted by molar-refractivity contribution is -0.146. The number of nitrogens with zero attached hydrogens (tertiary/aromatic N) is 4. The van der Waals surface area contributed by atoms with E-state index in [0.29, 0.717) is 61.1 Å². The van der Waals surface area contributed by atoms with E-state index in [1.165, 1.54) is 0 Å². The quantitative estimate of drug-likeness (QED) is 0.0989. The Morgan fingerprint density at radius 1 is 0.962 bits per heavy atom. The molecule has 2 N–H and O–H groups in total. The number of fused-ring (bicyclic) bond motifs is 1. The molecule has 5 rings (SSSR count). The van der Waals surface area contributed by atoms with Gasteiger partial charge in [0.25, 0.3) is 5.91 Å². The van der Waals surface area contributed by atoms with Gasteiger partial charge in [-0.1, -0.05) is 38.5 Å². The van der Waals surface area contributed by atoms with Crippen LogP contribution in [0.1, 0.15) is 71.2 Å². The smallest absolute Gasteiger partial charge is 0.310 e. The van der Waals surface area contributed by atoms with Crippen molar-refractivity contribution in [2.45, 2.75) is 77.0 Å². The third-order valence-electron chi connectivity index (χ3n) is 9.15. The summed E-state index contributed by atoms with van der Waals surface area (Å²) in [5.41, 5.74) is 3.90. The highest BCUT2D eigenvalue weighted by atomic mass is 32.2. The van der Waals surface area contributed by atoms with E-state index in [-0.39, 0.29) is 11.7 Å². The number of hydrogen-bond acceptors (Lipinski definition) is 8. The number of carboxylic acids is 1. The Bertz CT molecular complexity index is 1890. The number of aromatic nitrogens is 3. The van der Waals surface area contributed by atoms with E-state index in [2.05, 4.69) is 40.3 Å². The number of unbranched alkanes of at least 4 members (excludes halogenated alkanes) is 1. The van der Waals surface area contributed by atoms with Crippen molar-refractivity contribution in [3.8, 4) is 16.9 Å². The zero-order valence-electron chi connectivity index (χ0n) is 31.2. The van der Waals surface area contributed by atoms with Crippen LogP contribution in [-0.2, 0) is 37.4 Å². The largest absolute Gasteiger partial charge is 0.491 e. The number of aliphatic carboxylic acids is 1. The fraction of sp³-hybridized carbons (Fsp3) is 0.415.